The van der Waals surface area contributed by atoms with Crippen molar-refractivity contribution in [1.29, 1.82) is 0 Å². The Bertz CT molecular complexity index is 1120. The number of hydrogen-bond acceptors (Lipinski definition) is 5. The smallest absolute Gasteiger partial charge is 0.302 e. The molecule has 0 radical (unpaired) electrons. The number of methoxy groups -OCH3 is 2. The molecule has 39 heavy (non-hydrogen) atoms. The Labute approximate surface area is 233 Å². The standard InChI is InChI=1S/C33H38O5Si/c1-5-26-23-32(38-25(2)34)33(36-4)31(30(26)21-22-35-3)24-37-39(27-15-9-6-10-16-27,28-17-11-7-12-18-28)29-19-13-8-14-20-29/h5-22,26,30-33H,1,23-24H2,2-4H3/b22-21+/t26-,30-,31-,32+,33+/m0/s1. The Morgan fingerprint density at radius 3 is 1.82 bits per heavy atom. The van der Waals surface area contributed by atoms with E-state index in [-0.39, 0.29) is 29.8 Å². The molecule has 0 unspecified atom stereocenters. The van der Waals surface area contributed by atoms with Gasteiger partial charge < -0.3 is 18.6 Å². The lowest BCUT2D eigenvalue weighted by Gasteiger charge is -2.45. The number of allylic oxidation sites excluding steroid dienone is 2. The molecule has 0 saturated heterocycles. The largest absolute Gasteiger partial charge is 0.505 e. The van der Waals surface area contributed by atoms with Gasteiger partial charge in [0, 0.05) is 26.6 Å². The van der Waals surface area contributed by atoms with E-state index in [1.807, 2.05) is 24.3 Å². The van der Waals surface area contributed by atoms with E-state index in [0.717, 1.165) is 15.6 Å². The molecular weight excluding hydrogens is 504 g/mol. The van der Waals surface area contributed by atoms with Gasteiger partial charge in [0.15, 0.2) is 0 Å². The quantitative estimate of drug-likeness (QED) is 0.119. The number of benzene rings is 3. The fourth-order valence-electron chi connectivity index (χ4n) is 5.93. The van der Waals surface area contributed by atoms with Crippen molar-refractivity contribution in [2.24, 2.45) is 17.8 Å². The number of carbonyl (C=O) groups is 1. The van der Waals surface area contributed by atoms with Gasteiger partial charge in [-0.2, -0.15) is 0 Å². The lowest BCUT2D eigenvalue weighted by molar-refractivity contribution is -0.167. The molecule has 6 heteroatoms. The van der Waals surface area contributed by atoms with Crippen LogP contribution in [0.3, 0.4) is 0 Å². The van der Waals surface area contributed by atoms with Crippen LogP contribution >= 0.6 is 0 Å². The van der Waals surface area contributed by atoms with E-state index in [9.17, 15) is 4.79 Å². The van der Waals surface area contributed by atoms with Crippen molar-refractivity contribution in [3.8, 4) is 0 Å². The molecule has 0 aromatic heterocycles. The Kier molecular flexibility index (Phi) is 9.93. The number of esters is 1. The van der Waals surface area contributed by atoms with E-state index < -0.39 is 14.4 Å². The molecule has 1 fully saturated rings. The highest BCUT2D eigenvalue weighted by Gasteiger charge is 2.48. The van der Waals surface area contributed by atoms with E-state index in [1.54, 1.807) is 20.5 Å². The fourth-order valence-corrected chi connectivity index (χ4v) is 9.86. The molecule has 5 nitrogen and oxygen atoms in total. The first-order chi connectivity index (χ1) is 19.0. The summed E-state index contributed by atoms with van der Waals surface area (Å²) in [6.45, 7) is 5.94. The number of ether oxygens (including phenoxy) is 3. The lowest BCUT2D eigenvalue weighted by Crippen LogP contribution is -2.70. The summed E-state index contributed by atoms with van der Waals surface area (Å²) in [4.78, 5) is 12.0. The van der Waals surface area contributed by atoms with E-state index in [0.29, 0.717) is 13.0 Å². The Morgan fingerprint density at radius 1 is 0.897 bits per heavy atom. The maximum absolute atomic E-state index is 12.0. The molecule has 3 aromatic carbocycles. The first-order valence-corrected chi connectivity index (χ1v) is 15.3. The van der Waals surface area contributed by atoms with Crippen LogP contribution in [0.15, 0.2) is 116 Å². The number of hydrogen-bond donors (Lipinski definition) is 0. The molecule has 0 heterocycles. The summed E-state index contributed by atoms with van der Waals surface area (Å²) in [5, 5.41) is 3.48. The maximum atomic E-state index is 12.0. The minimum Gasteiger partial charge on any atom is -0.505 e. The molecule has 3 aromatic rings. The average Bonchev–Trinajstić information content (AvgIpc) is 2.98. The molecular formula is C33H38O5Si. The second kappa shape index (κ2) is 13.6. The summed E-state index contributed by atoms with van der Waals surface area (Å²) in [5.41, 5.74) is 0. The van der Waals surface area contributed by atoms with Gasteiger partial charge >= 0.3 is 5.97 Å². The summed E-state index contributed by atoms with van der Waals surface area (Å²) in [6.07, 6.45) is 5.57. The molecule has 1 aliphatic carbocycles. The number of carbonyl (C=O) groups excluding carboxylic acids is 1. The van der Waals surface area contributed by atoms with Gasteiger partial charge in [0.05, 0.1) is 19.5 Å². The van der Waals surface area contributed by atoms with Crippen LogP contribution in [0.25, 0.3) is 0 Å². The van der Waals surface area contributed by atoms with Gasteiger partial charge in [-0.1, -0.05) is 97.1 Å². The van der Waals surface area contributed by atoms with Crippen LogP contribution in [0.5, 0.6) is 0 Å². The summed E-state index contributed by atoms with van der Waals surface area (Å²) in [7, 11) is 0.375. The van der Waals surface area contributed by atoms with Gasteiger partial charge in [0.25, 0.3) is 8.32 Å². The highest BCUT2D eigenvalue weighted by Crippen LogP contribution is 2.40. The lowest BCUT2D eigenvalue weighted by atomic mass is 9.69. The highest BCUT2D eigenvalue weighted by atomic mass is 28.4. The van der Waals surface area contributed by atoms with Gasteiger partial charge in [0.1, 0.15) is 6.10 Å². The van der Waals surface area contributed by atoms with Crippen molar-refractivity contribution in [2.75, 3.05) is 20.8 Å². The number of rotatable bonds is 11. The van der Waals surface area contributed by atoms with Crippen LogP contribution in [-0.2, 0) is 23.4 Å². The monoisotopic (exact) mass is 542 g/mol. The van der Waals surface area contributed by atoms with Gasteiger partial charge in [0.2, 0.25) is 0 Å². The topological polar surface area (TPSA) is 54.0 Å². The van der Waals surface area contributed by atoms with Gasteiger partial charge in [-0.15, -0.1) is 6.58 Å². The van der Waals surface area contributed by atoms with Crippen LogP contribution in [0.2, 0.25) is 0 Å². The normalized spacial score (nSPS) is 23.3. The van der Waals surface area contributed by atoms with E-state index in [1.165, 1.54) is 6.92 Å². The Morgan fingerprint density at radius 2 is 1.41 bits per heavy atom. The van der Waals surface area contributed by atoms with E-state index >= 15 is 0 Å². The molecule has 0 aliphatic heterocycles. The van der Waals surface area contributed by atoms with Gasteiger partial charge in [-0.3, -0.25) is 4.79 Å². The van der Waals surface area contributed by atoms with E-state index in [2.05, 4.69) is 85.5 Å². The second-order valence-corrected chi connectivity index (χ2v) is 13.3. The van der Waals surface area contributed by atoms with Crippen molar-refractivity contribution in [2.45, 2.75) is 25.6 Å². The zero-order valence-electron chi connectivity index (χ0n) is 22.9. The van der Waals surface area contributed by atoms with Crippen LogP contribution in [0, 0.1) is 17.8 Å². The molecule has 1 saturated carbocycles. The molecule has 4 rings (SSSR count). The van der Waals surface area contributed by atoms with Crippen molar-refractivity contribution in [3.05, 3.63) is 116 Å². The van der Waals surface area contributed by atoms with Crippen LogP contribution in [-0.4, -0.2) is 47.3 Å². The van der Waals surface area contributed by atoms with Gasteiger partial charge in [-0.25, -0.2) is 0 Å². The third kappa shape index (κ3) is 6.25. The Hall–Kier alpha value is -3.45. The van der Waals surface area contributed by atoms with Crippen LogP contribution in [0.1, 0.15) is 13.3 Å². The first kappa shape index (κ1) is 28.6. The average molecular weight is 543 g/mol. The minimum absolute atomic E-state index is 0.0215. The molecule has 5 atom stereocenters. The molecule has 1 aliphatic rings. The molecule has 204 valence electrons. The third-order valence-electron chi connectivity index (χ3n) is 7.64. The SMILES string of the molecule is C=C[C@H]1C[C@@H](OC(C)=O)[C@H](OC)[C@@H](CO[Si](c2ccccc2)(c2ccccc2)c2ccccc2)[C@H]1/C=C/OC. The molecule has 0 spiro atoms. The molecule has 0 bridgehead atoms. The zero-order valence-corrected chi connectivity index (χ0v) is 23.9. The van der Waals surface area contributed by atoms with Crippen molar-refractivity contribution in [3.63, 3.8) is 0 Å². The highest BCUT2D eigenvalue weighted by molar-refractivity contribution is 7.07. The summed E-state index contributed by atoms with van der Waals surface area (Å²) >= 11 is 0. The molecule has 0 N–H and O–H groups in total. The summed E-state index contributed by atoms with van der Waals surface area (Å²) < 4.78 is 24.5. The predicted octanol–water partition coefficient (Wildman–Crippen LogP) is 4.22. The van der Waals surface area contributed by atoms with E-state index in [4.69, 9.17) is 18.6 Å². The predicted molar refractivity (Wildman–Crippen MR) is 158 cm³/mol. The van der Waals surface area contributed by atoms with Crippen LogP contribution < -0.4 is 15.6 Å². The summed E-state index contributed by atoms with van der Waals surface area (Å²) in [5.74, 6) is -0.363. The molecule has 0 amide bonds. The van der Waals surface area contributed by atoms with Gasteiger partial charge in [-0.05, 0) is 39.9 Å². The van der Waals surface area contributed by atoms with Crippen LogP contribution in [0.4, 0.5) is 0 Å². The zero-order chi connectivity index (χ0) is 27.7. The Balaban J connectivity index is 1.84. The van der Waals surface area contributed by atoms with Crippen molar-refractivity contribution < 1.29 is 23.4 Å². The third-order valence-corrected chi connectivity index (χ3v) is 11.7. The first-order valence-electron chi connectivity index (χ1n) is 13.4. The minimum atomic E-state index is -2.94. The maximum Gasteiger partial charge on any atom is 0.302 e. The second-order valence-electron chi connectivity index (χ2n) is 9.88. The van der Waals surface area contributed by atoms with Crippen molar-refractivity contribution >= 4 is 29.8 Å². The fraction of sp³-hybridized carbons (Fsp3) is 0.303. The van der Waals surface area contributed by atoms with Crippen molar-refractivity contribution in [1.82, 2.24) is 0 Å². The summed E-state index contributed by atoms with van der Waals surface area (Å²) in [6, 6.07) is 31.5.